The molecule has 0 atom stereocenters. The molecule has 5 rings (SSSR count). The molecule has 2 saturated carbocycles. The third kappa shape index (κ3) is 7.84. The van der Waals surface area contributed by atoms with Crippen LogP contribution < -0.4 is 21.7 Å². The van der Waals surface area contributed by atoms with Crippen LogP contribution in [0.25, 0.3) is 16.5 Å². The Hall–Kier alpha value is -4.39. The Morgan fingerprint density at radius 2 is 1.90 bits per heavy atom. The molecule has 0 aliphatic heterocycles. The van der Waals surface area contributed by atoms with Crippen LogP contribution >= 0.6 is 12.2 Å². The molecule has 5 N–H and O–H groups in total. The van der Waals surface area contributed by atoms with Crippen LogP contribution in [-0.4, -0.2) is 43.0 Å². The Morgan fingerprint density at radius 3 is 2.56 bits per heavy atom. The van der Waals surface area contributed by atoms with Crippen molar-refractivity contribution in [1.29, 1.82) is 5.26 Å². The van der Waals surface area contributed by atoms with E-state index in [1.54, 1.807) is 7.05 Å². The summed E-state index contributed by atoms with van der Waals surface area (Å²) in [5, 5.41) is 18.9. The van der Waals surface area contributed by atoms with Gasteiger partial charge in [-0.25, -0.2) is 0 Å². The summed E-state index contributed by atoms with van der Waals surface area (Å²) in [5.41, 5.74) is 10.7. The predicted octanol–water partition coefficient (Wildman–Crippen LogP) is 3.87. The highest BCUT2D eigenvalue weighted by Crippen LogP contribution is 2.49. The number of allylic oxidation sites excluding steroid dienone is 1. The maximum atomic E-state index is 11.5. The number of thiocarbonyl (C=S) groups is 1. The van der Waals surface area contributed by atoms with Gasteiger partial charge in [0.15, 0.2) is 0 Å². The van der Waals surface area contributed by atoms with Crippen LogP contribution in [0.15, 0.2) is 71.7 Å². The van der Waals surface area contributed by atoms with Crippen molar-refractivity contribution in [2.75, 3.05) is 13.6 Å². The lowest BCUT2D eigenvalue weighted by molar-refractivity contribution is -0.131. The number of hydrogen-bond donors (Lipinski definition) is 4. The van der Waals surface area contributed by atoms with Crippen molar-refractivity contribution in [3.63, 3.8) is 0 Å². The van der Waals surface area contributed by atoms with Gasteiger partial charge < -0.3 is 21.7 Å². The van der Waals surface area contributed by atoms with Crippen molar-refractivity contribution in [3.05, 3.63) is 89.0 Å². The lowest BCUT2D eigenvalue weighted by Crippen LogP contribution is -2.35. The summed E-state index contributed by atoms with van der Waals surface area (Å²) in [6.45, 7) is 0.671. The molecule has 9 heteroatoms. The van der Waals surface area contributed by atoms with E-state index in [0.29, 0.717) is 23.3 Å². The number of benzene rings is 3. The summed E-state index contributed by atoms with van der Waals surface area (Å²) in [6, 6.07) is 22.6. The fourth-order valence-corrected chi connectivity index (χ4v) is 4.90. The second-order valence-electron chi connectivity index (χ2n) is 10.1. The summed E-state index contributed by atoms with van der Waals surface area (Å²) >= 11 is 5.85. The van der Waals surface area contributed by atoms with Gasteiger partial charge in [0.25, 0.3) is 5.91 Å². The molecule has 0 saturated heterocycles. The zero-order valence-corrected chi connectivity index (χ0v) is 23.8. The van der Waals surface area contributed by atoms with Crippen LogP contribution in [0, 0.1) is 11.3 Å². The Labute approximate surface area is 245 Å². The highest BCUT2D eigenvalue weighted by molar-refractivity contribution is 7.80. The fourth-order valence-electron chi connectivity index (χ4n) is 4.51. The number of nitrogens with zero attached hydrogens (tertiary/aromatic N) is 2. The van der Waals surface area contributed by atoms with E-state index in [2.05, 4.69) is 45.2 Å². The van der Waals surface area contributed by atoms with E-state index in [1.165, 1.54) is 10.9 Å². The van der Waals surface area contributed by atoms with Crippen LogP contribution in [0.4, 0.5) is 0 Å². The standard InChI is InChI=1S/C29H28N4O2S.C3H6N2/c30-26(11-14-31-22-9-10-22)21-15-19-5-1-3-7-23(19)25(16-21)29(12-13-29)33-28(36)24-8-4-2-6-20(24)17-32-27(35)18-34;1-5-3-2-4/h1-8,11,14-16,18,22H,9-10,12-13,17,30H2,(H,32,35)(H,33,36);5H,3H2,1H3/b26-11-,31-14?;. The molecule has 3 aromatic rings. The maximum absolute atomic E-state index is 11.5. The first-order valence-corrected chi connectivity index (χ1v) is 14.0. The minimum Gasteiger partial charge on any atom is -0.398 e. The van der Waals surface area contributed by atoms with Gasteiger partial charge in [0, 0.05) is 24.0 Å². The van der Waals surface area contributed by atoms with E-state index in [-0.39, 0.29) is 18.4 Å². The van der Waals surface area contributed by atoms with Crippen molar-refractivity contribution in [2.24, 2.45) is 10.7 Å². The smallest absolute Gasteiger partial charge is 0.284 e. The van der Waals surface area contributed by atoms with Crippen LogP contribution in [0.1, 0.15) is 47.9 Å². The molecular weight excluding hydrogens is 532 g/mol. The number of carbonyl (C=O) groups excluding carboxylic acids is 2. The van der Waals surface area contributed by atoms with Gasteiger partial charge in [0.2, 0.25) is 6.29 Å². The lowest BCUT2D eigenvalue weighted by Gasteiger charge is -2.24. The summed E-state index contributed by atoms with van der Waals surface area (Å²) in [7, 11) is 1.74. The summed E-state index contributed by atoms with van der Waals surface area (Å²) in [6.07, 6.45) is 8.18. The Morgan fingerprint density at radius 1 is 1.17 bits per heavy atom. The van der Waals surface area contributed by atoms with Gasteiger partial charge in [0.1, 0.15) is 4.99 Å². The first-order chi connectivity index (χ1) is 19.9. The summed E-state index contributed by atoms with van der Waals surface area (Å²) < 4.78 is 0. The first-order valence-electron chi connectivity index (χ1n) is 13.6. The topological polar surface area (TPSA) is 132 Å². The van der Waals surface area contributed by atoms with Crippen LogP contribution in [0.2, 0.25) is 0 Å². The number of aldehydes is 1. The molecule has 0 aromatic heterocycles. The number of amides is 1. The van der Waals surface area contributed by atoms with Crippen LogP contribution in [-0.2, 0) is 21.7 Å². The lowest BCUT2D eigenvalue weighted by atomic mass is 9.93. The van der Waals surface area contributed by atoms with Gasteiger partial charge in [-0.3, -0.25) is 14.6 Å². The molecule has 2 fully saturated rings. The molecule has 210 valence electrons. The van der Waals surface area contributed by atoms with Gasteiger partial charge >= 0.3 is 0 Å². The van der Waals surface area contributed by atoms with Crippen LogP contribution in [0.5, 0.6) is 0 Å². The van der Waals surface area contributed by atoms with Crippen LogP contribution in [0.3, 0.4) is 0 Å². The zero-order chi connectivity index (χ0) is 29.2. The number of carbonyl (C=O) groups is 2. The predicted molar refractivity (Wildman–Crippen MR) is 167 cm³/mol. The fraction of sp³-hybridized carbons (Fsp3) is 0.281. The van der Waals surface area contributed by atoms with E-state index in [0.717, 1.165) is 47.8 Å². The number of fused-ring (bicyclic) bond motifs is 1. The SMILES string of the molecule is CNCC#N.N/C(=C\C=NC1CC1)c1cc(C2(NC(=S)c3ccccc3CNC(=O)C=O)CC2)c2ccccc2c1. The second kappa shape index (κ2) is 13.8. The normalized spacial score (nSPS) is 15.4. The zero-order valence-electron chi connectivity index (χ0n) is 23.0. The molecule has 3 aromatic carbocycles. The third-order valence-corrected chi connectivity index (χ3v) is 7.31. The molecule has 0 spiro atoms. The van der Waals surface area contributed by atoms with Crippen molar-refractivity contribution in [2.45, 2.75) is 43.8 Å². The molecule has 2 aliphatic carbocycles. The van der Waals surface area contributed by atoms with E-state index >= 15 is 0 Å². The molecular formula is C32H34N6O2S. The number of nitrogens with two attached hydrogens (primary N) is 1. The van der Waals surface area contributed by atoms with E-state index in [4.69, 9.17) is 23.2 Å². The van der Waals surface area contributed by atoms with Gasteiger partial charge in [-0.2, -0.15) is 5.26 Å². The quantitative estimate of drug-likeness (QED) is 0.0963. The van der Waals surface area contributed by atoms with Gasteiger partial charge in [0.05, 0.1) is 24.2 Å². The van der Waals surface area contributed by atoms with E-state index in [1.807, 2.05) is 54.8 Å². The Kier molecular flexibility index (Phi) is 9.95. The highest BCUT2D eigenvalue weighted by Gasteiger charge is 2.46. The first kappa shape index (κ1) is 29.6. The number of rotatable bonds is 10. The second-order valence-corrected chi connectivity index (χ2v) is 10.5. The van der Waals surface area contributed by atoms with Crippen molar-refractivity contribution in [3.8, 4) is 6.07 Å². The van der Waals surface area contributed by atoms with Gasteiger partial charge in [-0.15, -0.1) is 0 Å². The number of hydrogen-bond acceptors (Lipinski definition) is 7. The average Bonchev–Trinajstić information content (AvgIpc) is 3.94. The monoisotopic (exact) mass is 566 g/mol. The minimum atomic E-state index is -0.654. The molecule has 41 heavy (non-hydrogen) atoms. The molecule has 0 radical (unpaired) electrons. The molecule has 8 nitrogen and oxygen atoms in total. The summed E-state index contributed by atoms with van der Waals surface area (Å²) in [4.78, 5) is 27.3. The Balaban J connectivity index is 0.000000714. The Bertz CT molecular complexity index is 1530. The number of aliphatic imine (C=N–C) groups is 1. The summed E-state index contributed by atoms with van der Waals surface area (Å²) in [5.74, 6) is -0.654. The molecule has 2 aliphatic rings. The molecule has 0 unspecified atom stereocenters. The maximum Gasteiger partial charge on any atom is 0.284 e. The van der Waals surface area contributed by atoms with Crippen molar-refractivity contribution in [1.82, 2.24) is 16.0 Å². The van der Waals surface area contributed by atoms with Crippen molar-refractivity contribution < 1.29 is 9.59 Å². The van der Waals surface area contributed by atoms with Gasteiger partial charge in [-0.05, 0) is 78.4 Å². The average molecular weight is 567 g/mol. The third-order valence-electron chi connectivity index (χ3n) is 6.99. The van der Waals surface area contributed by atoms with E-state index in [9.17, 15) is 9.59 Å². The molecule has 0 bridgehead atoms. The largest absolute Gasteiger partial charge is 0.398 e. The van der Waals surface area contributed by atoms with E-state index < -0.39 is 5.91 Å². The molecule has 1 amide bonds. The minimum absolute atomic E-state index is 0.227. The number of nitrogens with one attached hydrogen (secondary N) is 3. The highest BCUT2D eigenvalue weighted by atomic mass is 32.1. The number of nitriles is 1. The van der Waals surface area contributed by atoms with Crippen molar-refractivity contribution >= 4 is 52.1 Å². The van der Waals surface area contributed by atoms with Gasteiger partial charge in [-0.1, -0.05) is 60.7 Å². The molecule has 0 heterocycles.